The van der Waals surface area contributed by atoms with Crippen LogP contribution in [0.1, 0.15) is 11.1 Å². The molecule has 7 heteroatoms. The summed E-state index contributed by atoms with van der Waals surface area (Å²) >= 11 is 7.39. The number of carbonyl (C=O) groups is 2. The maximum Gasteiger partial charge on any atom is 0.262 e. The van der Waals surface area contributed by atoms with E-state index in [1.807, 2.05) is 43.3 Å². The molecule has 1 heterocycles. The molecule has 0 unspecified atom stereocenters. The number of rotatable bonds is 4. The molecule has 0 spiro atoms. The number of hydrogen-bond acceptors (Lipinski definition) is 4. The van der Waals surface area contributed by atoms with E-state index in [9.17, 15) is 14.9 Å². The van der Waals surface area contributed by atoms with Gasteiger partial charge < -0.3 is 5.73 Å². The lowest BCUT2D eigenvalue weighted by Gasteiger charge is -2.18. The van der Waals surface area contributed by atoms with Gasteiger partial charge in [-0.1, -0.05) is 59.3 Å². The first-order valence-corrected chi connectivity index (χ1v) is 9.43. The maximum atomic E-state index is 13.1. The Labute approximate surface area is 166 Å². The minimum atomic E-state index is -0.858. The zero-order chi connectivity index (χ0) is 19.6. The van der Waals surface area contributed by atoms with Crippen molar-refractivity contribution >= 4 is 40.9 Å². The van der Waals surface area contributed by atoms with E-state index in [0.717, 1.165) is 22.9 Å². The summed E-state index contributed by atoms with van der Waals surface area (Å²) in [5.41, 5.74) is 7.59. The van der Waals surface area contributed by atoms with Crippen LogP contribution in [0.4, 0.5) is 5.69 Å². The molecule has 0 saturated carbocycles. The zero-order valence-electron chi connectivity index (χ0n) is 14.5. The highest BCUT2D eigenvalue weighted by Gasteiger charge is 2.40. The number of hydrogen-bond donors (Lipinski definition) is 1. The second-order valence-corrected chi connectivity index (χ2v) is 7.67. The van der Waals surface area contributed by atoms with E-state index in [0.29, 0.717) is 17.1 Å². The van der Waals surface area contributed by atoms with E-state index in [1.54, 1.807) is 18.2 Å². The van der Waals surface area contributed by atoms with Crippen molar-refractivity contribution in [1.29, 1.82) is 5.26 Å². The molecule has 27 heavy (non-hydrogen) atoms. The average molecular weight is 398 g/mol. The number of nitrogens with zero attached hydrogens (tertiary/aromatic N) is 2. The topological polar surface area (TPSA) is 87.2 Å². The van der Waals surface area contributed by atoms with Gasteiger partial charge in [-0.15, -0.1) is 0 Å². The summed E-state index contributed by atoms with van der Waals surface area (Å²) in [7, 11) is 0. The van der Waals surface area contributed by atoms with Crippen LogP contribution >= 0.6 is 23.4 Å². The van der Waals surface area contributed by atoms with Gasteiger partial charge in [0.1, 0.15) is 16.7 Å². The van der Waals surface area contributed by atoms with Crippen molar-refractivity contribution in [3.63, 3.8) is 0 Å². The number of aryl methyl sites for hydroxylation is 1. The fourth-order valence-corrected chi connectivity index (χ4v) is 4.31. The molecule has 2 amide bonds. The van der Waals surface area contributed by atoms with Crippen LogP contribution in [0.2, 0.25) is 5.02 Å². The van der Waals surface area contributed by atoms with Gasteiger partial charge in [0.05, 0.1) is 5.25 Å². The van der Waals surface area contributed by atoms with Crippen molar-refractivity contribution in [3.8, 4) is 6.07 Å². The quantitative estimate of drug-likeness (QED) is 0.631. The summed E-state index contributed by atoms with van der Waals surface area (Å²) in [6.45, 7) is 1.94. The fourth-order valence-electron chi connectivity index (χ4n) is 2.79. The van der Waals surface area contributed by atoms with Gasteiger partial charge in [0, 0.05) is 10.7 Å². The van der Waals surface area contributed by atoms with E-state index in [-0.39, 0.29) is 16.5 Å². The van der Waals surface area contributed by atoms with Crippen LogP contribution in [0.3, 0.4) is 0 Å². The Morgan fingerprint density at radius 2 is 1.93 bits per heavy atom. The molecule has 3 rings (SSSR count). The van der Waals surface area contributed by atoms with E-state index in [4.69, 9.17) is 17.3 Å². The highest BCUT2D eigenvalue weighted by Crippen LogP contribution is 2.42. The largest absolute Gasteiger partial charge is 0.365 e. The number of amides is 2. The van der Waals surface area contributed by atoms with Crippen molar-refractivity contribution in [2.75, 3.05) is 4.90 Å². The van der Waals surface area contributed by atoms with Crippen LogP contribution in [0.25, 0.3) is 0 Å². The molecule has 0 radical (unpaired) electrons. The molecule has 2 aromatic carbocycles. The predicted octanol–water partition coefficient (Wildman–Crippen LogP) is 3.56. The number of thioether (sulfide) groups is 1. The summed E-state index contributed by atoms with van der Waals surface area (Å²) in [5, 5.41) is 9.71. The molecule has 1 saturated heterocycles. The number of benzene rings is 2. The molecule has 136 valence electrons. The molecule has 0 aromatic heterocycles. The Morgan fingerprint density at radius 1 is 1.26 bits per heavy atom. The van der Waals surface area contributed by atoms with Gasteiger partial charge in [-0.25, -0.2) is 0 Å². The van der Waals surface area contributed by atoms with Crippen molar-refractivity contribution in [3.05, 3.63) is 75.3 Å². The monoisotopic (exact) mass is 397 g/mol. The first-order chi connectivity index (χ1) is 12.9. The second kappa shape index (κ2) is 7.87. The zero-order valence-corrected chi connectivity index (χ0v) is 16.1. The Hall–Kier alpha value is -2.75. The Bertz CT molecular complexity index is 979. The second-order valence-electron chi connectivity index (χ2n) is 6.07. The molecule has 0 bridgehead atoms. The van der Waals surface area contributed by atoms with Crippen LogP contribution in [0, 0.1) is 18.3 Å². The first kappa shape index (κ1) is 19.0. The molecule has 1 aliphatic heterocycles. The summed E-state index contributed by atoms with van der Waals surface area (Å²) in [4.78, 5) is 26.3. The third-order valence-electron chi connectivity index (χ3n) is 4.18. The maximum absolute atomic E-state index is 13.1. The molecule has 0 aliphatic carbocycles. The molecule has 5 nitrogen and oxygen atoms in total. The molecule has 2 aromatic rings. The highest BCUT2D eigenvalue weighted by molar-refractivity contribution is 8.05. The molecule has 1 fully saturated rings. The smallest absolute Gasteiger partial charge is 0.262 e. The fraction of sp³-hybridized carbons (Fsp3) is 0.150. The highest BCUT2D eigenvalue weighted by atomic mass is 35.5. The summed E-state index contributed by atoms with van der Waals surface area (Å²) in [6.07, 6.45) is 0.381. The van der Waals surface area contributed by atoms with Crippen LogP contribution in [0.15, 0.2) is 59.1 Å². The van der Waals surface area contributed by atoms with Gasteiger partial charge in [-0.2, -0.15) is 5.26 Å². The van der Waals surface area contributed by atoms with Crippen molar-refractivity contribution < 1.29 is 9.59 Å². The van der Waals surface area contributed by atoms with Gasteiger partial charge in [0.2, 0.25) is 5.91 Å². The van der Waals surface area contributed by atoms with Crippen LogP contribution in [0.5, 0.6) is 0 Å². The van der Waals surface area contributed by atoms with E-state index in [1.165, 1.54) is 4.90 Å². The van der Waals surface area contributed by atoms with E-state index < -0.39 is 11.2 Å². The third kappa shape index (κ3) is 3.85. The third-order valence-corrected chi connectivity index (χ3v) is 5.81. The summed E-state index contributed by atoms with van der Waals surface area (Å²) in [6, 6.07) is 16.4. The number of nitriles is 1. The van der Waals surface area contributed by atoms with E-state index >= 15 is 0 Å². The summed E-state index contributed by atoms with van der Waals surface area (Å²) in [5.74, 6) is -1.07. The standard InChI is InChI=1S/C20H16ClN3O2S/c1-12-6-8-14(9-7-12)24-19(26)17(10-13-4-2-3-5-16(13)21)27-20(24)15(11-22)18(23)25/h2-9,17H,10H2,1H3,(H2,23,25)/b20-15-/t17-/m1/s1. The van der Waals surface area contributed by atoms with Gasteiger partial charge in [-0.05, 0) is 37.1 Å². The molecule has 1 atom stereocenters. The molecular weight excluding hydrogens is 382 g/mol. The lowest BCUT2D eigenvalue weighted by molar-refractivity contribution is -0.117. The van der Waals surface area contributed by atoms with Crippen LogP contribution < -0.4 is 10.6 Å². The number of nitrogens with two attached hydrogens (primary N) is 1. The van der Waals surface area contributed by atoms with E-state index in [2.05, 4.69) is 0 Å². The van der Waals surface area contributed by atoms with Crippen LogP contribution in [-0.4, -0.2) is 17.1 Å². The van der Waals surface area contributed by atoms with Gasteiger partial charge in [-0.3, -0.25) is 14.5 Å². The molecule has 1 aliphatic rings. The van der Waals surface area contributed by atoms with Crippen molar-refractivity contribution in [1.82, 2.24) is 0 Å². The lowest BCUT2D eigenvalue weighted by atomic mass is 10.1. The van der Waals surface area contributed by atoms with Crippen molar-refractivity contribution in [2.24, 2.45) is 5.73 Å². The van der Waals surface area contributed by atoms with Gasteiger partial charge in [0.25, 0.3) is 5.91 Å². The number of primary amides is 1. The first-order valence-electron chi connectivity index (χ1n) is 8.17. The predicted molar refractivity (Wildman–Crippen MR) is 107 cm³/mol. The number of anilines is 1. The Kier molecular flexibility index (Phi) is 5.54. The normalized spacial score (nSPS) is 18.3. The van der Waals surface area contributed by atoms with Crippen molar-refractivity contribution in [2.45, 2.75) is 18.6 Å². The molecule has 2 N–H and O–H groups in total. The summed E-state index contributed by atoms with van der Waals surface area (Å²) < 4.78 is 0. The lowest BCUT2D eigenvalue weighted by Crippen LogP contribution is -2.31. The SMILES string of the molecule is Cc1ccc(N2C(=O)[C@@H](Cc3ccccc3Cl)S/C2=C(/C#N)C(N)=O)cc1. The van der Waals surface area contributed by atoms with Gasteiger partial charge >= 0.3 is 0 Å². The minimum absolute atomic E-state index is 0.215. The van der Waals surface area contributed by atoms with Gasteiger partial charge in [0.15, 0.2) is 0 Å². The minimum Gasteiger partial charge on any atom is -0.365 e. The average Bonchev–Trinajstić information content (AvgIpc) is 2.94. The Balaban J connectivity index is 2.05. The molecular formula is C20H16ClN3O2S. The Morgan fingerprint density at radius 3 is 2.52 bits per heavy atom. The number of carbonyl (C=O) groups excluding carboxylic acids is 2. The number of halogens is 1. The van der Waals surface area contributed by atoms with Crippen LogP contribution in [-0.2, 0) is 16.0 Å².